The molecule has 1 aromatic heterocycles. The minimum atomic E-state index is -3.77. The van der Waals surface area contributed by atoms with Crippen LogP contribution < -0.4 is 5.32 Å². The highest BCUT2D eigenvalue weighted by Gasteiger charge is 2.24. The molecular formula is C16H18ClN3O6S. The van der Waals surface area contributed by atoms with Gasteiger partial charge in [0.2, 0.25) is 10.0 Å². The molecule has 1 amide bonds. The number of anilines is 1. The van der Waals surface area contributed by atoms with Crippen molar-refractivity contribution < 1.29 is 27.3 Å². The number of sulfonamides is 1. The predicted molar refractivity (Wildman–Crippen MR) is 97.0 cm³/mol. The molecule has 11 heteroatoms. The van der Waals surface area contributed by atoms with Crippen LogP contribution in [0, 0.1) is 0 Å². The molecular weight excluding hydrogens is 398 g/mol. The molecule has 0 unspecified atom stereocenters. The van der Waals surface area contributed by atoms with E-state index in [4.69, 9.17) is 16.3 Å². The van der Waals surface area contributed by atoms with Crippen molar-refractivity contribution in [3.8, 4) is 0 Å². The lowest BCUT2D eigenvalue weighted by Gasteiger charge is -2.19. The van der Waals surface area contributed by atoms with Crippen molar-refractivity contribution in [1.29, 1.82) is 0 Å². The second kappa shape index (κ2) is 8.98. The first-order valence-electron chi connectivity index (χ1n) is 7.96. The Hall–Kier alpha value is -2.43. The number of benzene rings is 1. The van der Waals surface area contributed by atoms with Crippen LogP contribution in [0.25, 0.3) is 0 Å². The number of hydrogen-bond donors (Lipinski definition) is 1. The van der Waals surface area contributed by atoms with Crippen LogP contribution in [0.1, 0.15) is 24.2 Å². The molecule has 1 N–H and O–H groups in total. The van der Waals surface area contributed by atoms with Crippen LogP contribution in [0.3, 0.4) is 0 Å². The molecule has 0 bridgehead atoms. The van der Waals surface area contributed by atoms with Crippen molar-refractivity contribution in [2.75, 3.05) is 25.0 Å². The summed E-state index contributed by atoms with van der Waals surface area (Å²) in [5.41, 5.74) is -0.154. The lowest BCUT2D eigenvalue weighted by Crippen LogP contribution is -2.30. The van der Waals surface area contributed by atoms with Gasteiger partial charge >= 0.3 is 5.97 Å². The number of carbonyl (C=O) groups excluding carboxylic acids is 2. The maximum absolute atomic E-state index is 12.6. The summed E-state index contributed by atoms with van der Waals surface area (Å²) in [6.07, 6.45) is 1.27. The number of ether oxygens (including phenoxy) is 1. The minimum absolute atomic E-state index is 0.00964. The number of nitrogens with zero attached hydrogens (tertiary/aromatic N) is 2. The van der Waals surface area contributed by atoms with Crippen LogP contribution in [0.15, 0.2) is 39.9 Å². The van der Waals surface area contributed by atoms with Crippen LogP contribution in [0.2, 0.25) is 5.02 Å². The van der Waals surface area contributed by atoms with Crippen LogP contribution >= 0.6 is 11.6 Å². The topological polar surface area (TPSA) is 119 Å². The number of amides is 1. The van der Waals surface area contributed by atoms with E-state index in [2.05, 4.69) is 15.0 Å². The first-order chi connectivity index (χ1) is 12.8. The fraction of sp³-hybridized carbons (Fsp3) is 0.312. The number of aromatic nitrogens is 1. The van der Waals surface area contributed by atoms with E-state index in [1.54, 1.807) is 13.8 Å². The number of halogens is 1. The Kier molecular flexibility index (Phi) is 6.94. The Labute approximate surface area is 161 Å². The summed E-state index contributed by atoms with van der Waals surface area (Å²) in [5, 5.41) is 5.85. The molecule has 0 saturated carbocycles. The van der Waals surface area contributed by atoms with Gasteiger partial charge in [0.15, 0.2) is 12.4 Å². The highest BCUT2D eigenvalue weighted by molar-refractivity contribution is 7.89. The molecule has 2 rings (SSSR count). The Morgan fingerprint density at radius 3 is 2.56 bits per heavy atom. The largest absolute Gasteiger partial charge is 0.452 e. The van der Waals surface area contributed by atoms with Gasteiger partial charge in [0.25, 0.3) is 5.91 Å². The zero-order chi connectivity index (χ0) is 20.0. The third-order valence-electron chi connectivity index (χ3n) is 3.54. The van der Waals surface area contributed by atoms with Crippen molar-refractivity contribution in [3.63, 3.8) is 0 Å². The van der Waals surface area contributed by atoms with Crippen LogP contribution in [-0.4, -0.2) is 49.5 Å². The fourth-order valence-corrected chi connectivity index (χ4v) is 3.88. The number of carbonyl (C=O) groups is 2. The molecule has 9 nitrogen and oxygen atoms in total. The Morgan fingerprint density at radius 2 is 1.96 bits per heavy atom. The van der Waals surface area contributed by atoms with Gasteiger partial charge in [-0.05, 0) is 18.2 Å². The van der Waals surface area contributed by atoms with Gasteiger partial charge in [0.1, 0.15) is 6.26 Å². The second-order valence-electron chi connectivity index (χ2n) is 5.24. The van der Waals surface area contributed by atoms with Crippen LogP contribution in [0.5, 0.6) is 0 Å². The molecule has 2 aromatic rings. The molecule has 0 atom stereocenters. The Balaban J connectivity index is 2.13. The zero-order valence-electron chi connectivity index (χ0n) is 14.6. The second-order valence-corrected chi connectivity index (χ2v) is 7.59. The molecule has 0 saturated heterocycles. The van der Waals surface area contributed by atoms with E-state index in [1.807, 2.05) is 0 Å². The summed E-state index contributed by atoms with van der Waals surface area (Å²) in [4.78, 5) is 23.9. The average molecular weight is 416 g/mol. The summed E-state index contributed by atoms with van der Waals surface area (Å²) in [6, 6.07) is 5.15. The molecule has 1 heterocycles. The van der Waals surface area contributed by atoms with Gasteiger partial charge in [-0.25, -0.2) is 13.2 Å². The quantitative estimate of drug-likeness (QED) is 0.656. The van der Waals surface area contributed by atoms with Crippen molar-refractivity contribution in [2.24, 2.45) is 0 Å². The number of hydrogen-bond acceptors (Lipinski definition) is 7. The molecule has 0 aliphatic carbocycles. The molecule has 1 aromatic carbocycles. The van der Waals surface area contributed by atoms with Crippen LogP contribution in [-0.2, 0) is 19.6 Å². The predicted octanol–water partition coefficient (Wildman–Crippen LogP) is 2.15. The van der Waals surface area contributed by atoms with E-state index < -0.39 is 28.5 Å². The van der Waals surface area contributed by atoms with Gasteiger partial charge in [-0.3, -0.25) is 4.79 Å². The van der Waals surface area contributed by atoms with Gasteiger partial charge in [-0.1, -0.05) is 30.6 Å². The first-order valence-corrected chi connectivity index (χ1v) is 9.78. The standard InChI is InChI=1S/C16H18ClN3O6S/c1-3-20(4-2)27(23,24)11-5-6-13(17)12(9-11)16(22)25-10-15(21)18-14-7-8-26-19-14/h5-9H,3-4,10H2,1-2H3,(H,18,19,21). The molecule has 0 spiro atoms. The molecule has 0 aliphatic rings. The molecule has 0 radical (unpaired) electrons. The SMILES string of the molecule is CCN(CC)S(=O)(=O)c1ccc(Cl)c(C(=O)OCC(=O)Nc2ccon2)c1. The van der Waals surface area contributed by atoms with Gasteiger partial charge in [-0.15, -0.1) is 0 Å². The summed E-state index contributed by atoms with van der Waals surface area (Å²) >= 11 is 5.99. The van der Waals surface area contributed by atoms with E-state index in [1.165, 1.54) is 28.8 Å². The smallest absolute Gasteiger partial charge is 0.340 e. The van der Waals surface area contributed by atoms with Crippen molar-refractivity contribution in [2.45, 2.75) is 18.7 Å². The van der Waals surface area contributed by atoms with Gasteiger partial charge < -0.3 is 14.6 Å². The number of nitrogens with one attached hydrogen (secondary N) is 1. The number of rotatable bonds is 8. The van der Waals surface area contributed by atoms with Crippen molar-refractivity contribution in [3.05, 3.63) is 41.1 Å². The maximum Gasteiger partial charge on any atom is 0.340 e. The van der Waals surface area contributed by atoms with E-state index >= 15 is 0 Å². The van der Waals surface area contributed by atoms with Crippen molar-refractivity contribution >= 4 is 39.3 Å². The highest BCUT2D eigenvalue weighted by atomic mass is 35.5. The van der Waals surface area contributed by atoms with E-state index in [0.717, 1.165) is 6.07 Å². The minimum Gasteiger partial charge on any atom is -0.452 e. The summed E-state index contributed by atoms with van der Waals surface area (Å²) in [6.45, 7) is 3.38. The normalized spacial score (nSPS) is 11.4. The third kappa shape index (κ3) is 5.06. The van der Waals surface area contributed by atoms with Crippen molar-refractivity contribution in [1.82, 2.24) is 9.46 Å². The summed E-state index contributed by atoms with van der Waals surface area (Å²) in [5.74, 6) is -1.39. The lowest BCUT2D eigenvalue weighted by molar-refractivity contribution is -0.119. The Bertz CT molecular complexity index is 910. The molecule has 146 valence electrons. The zero-order valence-corrected chi connectivity index (χ0v) is 16.2. The van der Waals surface area contributed by atoms with Gasteiger partial charge in [-0.2, -0.15) is 4.31 Å². The van der Waals surface area contributed by atoms with E-state index in [9.17, 15) is 18.0 Å². The summed E-state index contributed by atoms with van der Waals surface area (Å²) in [7, 11) is -3.77. The van der Waals surface area contributed by atoms with E-state index in [-0.39, 0.29) is 34.4 Å². The Morgan fingerprint density at radius 1 is 1.26 bits per heavy atom. The van der Waals surface area contributed by atoms with Gasteiger partial charge in [0, 0.05) is 19.2 Å². The van der Waals surface area contributed by atoms with Gasteiger partial charge in [0.05, 0.1) is 15.5 Å². The average Bonchev–Trinajstić information content (AvgIpc) is 3.13. The highest BCUT2D eigenvalue weighted by Crippen LogP contribution is 2.23. The first kappa shape index (κ1) is 20.9. The van der Waals surface area contributed by atoms with Crippen LogP contribution in [0.4, 0.5) is 5.82 Å². The number of esters is 1. The molecule has 0 aliphatic heterocycles. The third-order valence-corrected chi connectivity index (χ3v) is 5.92. The fourth-order valence-electron chi connectivity index (χ4n) is 2.20. The summed E-state index contributed by atoms with van der Waals surface area (Å²) < 4.78 is 35.9. The molecule has 0 fully saturated rings. The molecule has 27 heavy (non-hydrogen) atoms. The maximum atomic E-state index is 12.6. The van der Waals surface area contributed by atoms with E-state index in [0.29, 0.717) is 0 Å². The monoisotopic (exact) mass is 415 g/mol. The lowest BCUT2D eigenvalue weighted by atomic mass is 10.2.